The maximum Gasteiger partial charge on any atom is 0.340 e. The second kappa shape index (κ2) is 9.72. The highest BCUT2D eigenvalue weighted by Gasteiger charge is 2.22. The van der Waals surface area contributed by atoms with Crippen molar-refractivity contribution in [2.24, 2.45) is 5.16 Å². The van der Waals surface area contributed by atoms with Gasteiger partial charge in [0.25, 0.3) is 0 Å². The van der Waals surface area contributed by atoms with Gasteiger partial charge in [0, 0.05) is 18.0 Å². The van der Waals surface area contributed by atoms with Gasteiger partial charge in [-0.2, -0.15) is 0 Å². The fourth-order valence-corrected chi connectivity index (χ4v) is 4.92. The summed E-state index contributed by atoms with van der Waals surface area (Å²) in [5, 5.41) is 14.2. The number of aryl methyl sites for hydroxylation is 1. The molecule has 170 valence electrons. The molecule has 0 amide bonds. The Kier molecular flexibility index (Phi) is 6.77. The first kappa shape index (κ1) is 22.3. The molecule has 1 saturated carbocycles. The maximum atomic E-state index is 11.2. The van der Waals surface area contributed by atoms with Crippen LogP contribution in [0.5, 0.6) is 11.5 Å². The Hall–Kier alpha value is -2.89. The predicted molar refractivity (Wildman–Crippen MR) is 123 cm³/mol. The van der Waals surface area contributed by atoms with Crippen molar-refractivity contribution in [1.29, 1.82) is 0 Å². The molecule has 1 N–H and O–H groups in total. The lowest BCUT2D eigenvalue weighted by Crippen LogP contribution is -2.13. The Morgan fingerprint density at radius 3 is 2.62 bits per heavy atom. The number of benzene rings is 1. The second-order valence-corrected chi connectivity index (χ2v) is 8.93. The summed E-state index contributed by atoms with van der Waals surface area (Å²) in [6, 6.07) is 5.81. The van der Waals surface area contributed by atoms with E-state index in [0.717, 1.165) is 53.9 Å². The van der Waals surface area contributed by atoms with Gasteiger partial charge in [0.1, 0.15) is 23.8 Å². The third-order valence-corrected chi connectivity index (χ3v) is 6.71. The van der Waals surface area contributed by atoms with Crippen molar-refractivity contribution in [3.63, 3.8) is 0 Å². The van der Waals surface area contributed by atoms with Crippen LogP contribution in [0.4, 0.5) is 0 Å². The van der Waals surface area contributed by atoms with Crippen LogP contribution in [0.25, 0.3) is 0 Å². The van der Waals surface area contributed by atoms with E-state index in [1.807, 2.05) is 6.07 Å². The Balaban J connectivity index is 1.57. The van der Waals surface area contributed by atoms with Crippen LogP contribution in [0.15, 0.2) is 23.4 Å². The molecule has 1 aromatic carbocycles. The quantitative estimate of drug-likeness (QED) is 0.597. The van der Waals surface area contributed by atoms with Gasteiger partial charge in [-0.1, -0.05) is 31.3 Å². The van der Waals surface area contributed by atoms with Crippen LogP contribution in [0.3, 0.4) is 0 Å². The Morgan fingerprint density at radius 1 is 1.16 bits per heavy atom. The van der Waals surface area contributed by atoms with Crippen LogP contribution in [0.2, 0.25) is 0 Å². The van der Waals surface area contributed by atoms with Gasteiger partial charge in [-0.3, -0.25) is 4.98 Å². The van der Waals surface area contributed by atoms with E-state index in [1.54, 1.807) is 6.07 Å². The Bertz CT molecular complexity index is 1040. The molecular weight excluding hydrogens is 404 g/mol. The summed E-state index contributed by atoms with van der Waals surface area (Å²) in [5.74, 6) is 1.18. The first-order valence-corrected chi connectivity index (χ1v) is 11.6. The highest BCUT2D eigenvalue weighted by atomic mass is 16.7. The highest BCUT2D eigenvalue weighted by molar-refractivity contribution is 6.02. The molecule has 2 aromatic rings. The van der Waals surface area contributed by atoms with E-state index < -0.39 is 0 Å². The lowest BCUT2D eigenvalue weighted by molar-refractivity contribution is -0.140. The number of nitrogens with zero attached hydrogens (tertiary/aromatic N) is 2. The van der Waals surface area contributed by atoms with Crippen molar-refractivity contribution in [3.8, 4) is 11.5 Å². The molecule has 2 aliphatic rings. The van der Waals surface area contributed by atoms with E-state index in [-0.39, 0.29) is 19.0 Å². The summed E-state index contributed by atoms with van der Waals surface area (Å²) in [6.07, 6.45) is 7.66. The minimum atomic E-state index is -0.337. The number of ether oxygens (including phenoxy) is 1. The summed E-state index contributed by atoms with van der Waals surface area (Å²) >= 11 is 0. The summed E-state index contributed by atoms with van der Waals surface area (Å²) in [6.45, 7) is 6.60. The SMILES string of the molecule is CCc1c(OCC2=NOC(=O)C2)cc(C)c(Cc2ccc(O)c(C3CCCCC3)n2)c1C. The van der Waals surface area contributed by atoms with Crippen molar-refractivity contribution in [3.05, 3.63) is 51.8 Å². The lowest BCUT2D eigenvalue weighted by atomic mass is 9.86. The van der Waals surface area contributed by atoms with Gasteiger partial charge >= 0.3 is 5.97 Å². The zero-order valence-electron chi connectivity index (χ0n) is 19.2. The molecule has 0 spiro atoms. The van der Waals surface area contributed by atoms with E-state index in [1.165, 1.54) is 30.4 Å². The standard InChI is InChI=1S/C26H32N2O4/c1-4-21-17(3)22(16(2)12-24(21)31-15-20-14-25(30)32-28-20)13-19-10-11-23(29)26(27-19)18-8-6-5-7-9-18/h10-12,18,29H,4-9,13-15H2,1-3H3. The first-order chi connectivity index (χ1) is 15.5. The number of pyridine rings is 1. The van der Waals surface area contributed by atoms with E-state index in [4.69, 9.17) is 9.72 Å². The number of aromatic nitrogens is 1. The minimum absolute atomic E-state index is 0.188. The van der Waals surface area contributed by atoms with Crippen LogP contribution in [-0.4, -0.2) is 28.4 Å². The van der Waals surface area contributed by atoms with Crippen molar-refractivity contribution >= 4 is 11.7 Å². The topological polar surface area (TPSA) is 81.0 Å². The molecule has 1 aliphatic carbocycles. The van der Waals surface area contributed by atoms with E-state index in [0.29, 0.717) is 17.4 Å². The fraction of sp³-hybridized carbons (Fsp3) is 0.500. The zero-order valence-corrected chi connectivity index (χ0v) is 19.2. The highest BCUT2D eigenvalue weighted by Crippen LogP contribution is 2.36. The normalized spacial score (nSPS) is 16.7. The Morgan fingerprint density at radius 2 is 1.94 bits per heavy atom. The summed E-state index contributed by atoms with van der Waals surface area (Å²) in [4.78, 5) is 20.8. The zero-order chi connectivity index (χ0) is 22.7. The molecule has 0 saturated heterocycles. The molecule has 0 radical (unpaired) electrons. The molecule has 1 aromatic heterocycles. The van der Waals surface area contributed by atoms with Crippen molar-refractivity contribution < 1.29 is 19.5 Å². The molecule has 32 heavy (non-hydrogen) atoms. The maximum absolute atomic E-state index is 11.2. The summed E-state index contributed by atoms with van der Waals surface area (Å²) in [7, 11) is 0. The summed E-state index contributed by atoms with van der Waals surface area (Å²) in [5.41, 5.74) is 7.21. The van der Waals surface area contributed by atoms with Gasteiger partial charge in [-0.15, -0.1) is 0 Å². The average Bonchev–Trinajstić information content (AvgIpc) is 3.22. The number of oxime groups is 1. The molecule has 1 fully saturated rings. The van der Waals surface area contributed by atoms with Gasteiger partial charge in [0.2, 0.25) is 0 Å². The number of carbonyl (C=O) groups is 1. The molecular formula is C26H32N2O4. The van der Waals surface area contributed by atoms with Gasteiger partial charge in [-0.25, -0.2) is 4.79 Å². The predicted octanol–water partition coefficient (Wildman–Crippen LogP) is 5.29. The van der Waals surface area contributed by atoms with Crippen molar-refractivity contribution in [2.45, 2.75) is 78.1 Å². The fourth-order valence-electron chi connectivity index (χ4n) is 4.92. The number of carbonyl (C=O) groups excluding carboxylic acids is 1. The van der Waals surface area contributed by atoms with Gasteiger partial charge in [0.05, 0.1) is 12.1 Å². The van der Waals surface area contributed by atoms with Gasteiger partial charge < -0.3 is 14.7 Å². The third kappa shape index (κ3) is 4.79. The largest absolute Gasteiger partial charge is 0.506 e. The van der Waals surface area contributed by atoms with Crippen LogP contribution < -0.4 is 4.74 Å². The number of aromatic hydroxyl groups is 1. The van der Waals surface area contributed by atoms with E-state index >= 15 is 0 Å². The third-order valence-electron chi connectivity index (χ3n) is 6.71. The number of hydrogen-bond acceptors (Lipinski definition) is 6. The van der Waals surface area contributed by atoms with Crippen LogP contribution in [-0.2, 0) is 22.5 Å². The first-order valence-electron chi connectivity index (χ1n) is 11.6. The Labute approximate surface area is 189 Å². The minimum Gasteiger partial charge on any atom is -0.506 e. The summed E-state index contributed by atoms with van der Waals surface area (Å²) < 4.78 is 6.03. The van der Waals surface area contributed by atoms with Crippen LogP contribution in [0.1, 0.15) is 85.0 Å². The molecule has 6 heteroatoms. The number of rotatable bonds is 7. The number of hydrogen-bond donors (Lipinski definition) is 1. The monoisotopic (exact) mass is 436 g/mol. The molecule has 6 nitrogen and oxygen atoms in total. The second-order valence-electron chi connectivity index (χ2n) is 8.93. The molecule has 0 unspecified atom stereocenters. The van der Waals surface area contributed by atoms with Crippen LogP contribution in [0, 0.1) is 13.8 Å². The molecule has 0 bridgehead atoms. The molecule has 1 aliphatic heterocycles. The molecule has 0 atom stereocenters. The van der Waals surface area contributed by atoms with E-state index in [2.05, 4.69) is 36.8 Å². The van der Waals surface area contributed by atoms with Gasteiger partial charge in [-0.05, 0) is 73.6 Å². The smallest absolute Gasteiger partial charge is 0.340 e. The molecule has 2 heterocycles. The van der Waals surface area contributed by atoms with Crippen molar-refractivity contribution in [1.82, 2.24) is 4.98 Å². The van der Waals surface area contributed by atoms with Crippen molar-refractivity contribution in [2.75, 3.05) is 6.61 Å². The lowest BCUT2D eigenvalue weighted by Gasteiger charge is -2.23. The molecule has 4 rings (SSSR count). The van der Waals surface area contributed by atoms with Crippen LogP contribution >= 0.6 is 0 Å². The average molecular weight is 437 g/mol. The van der Waals surface area contributed by atoms with Gasteiger partial charge in [0.15, 0.2) is 0 Å². The van der Waals surface area contributed by atoms with E-state index in [9.17, 15) is 9.90 Å².